The minimum atomic E-state index is -0.386. The number of methoxy groups -OCH3 is 1. The molecule has 2 rings (SSSR count). The Labute approximate surface area is 122 Å². The van der Waals surface area contributed by atoms with Crippen LogP contribution in [0.3, 0.4) is 0 Å². The molecular weight excluding hydrogens is 282 g/mol. The van der Waals surface area contributed by atoms with E-state index in [-0.39, 0.29) is 12.0 Å². The highest BCUT2D eigenvalue weighted by Crippen LogP contribution is 2.35. The van der Waals surface area contributed by atoms with Crippen LogP contribution < -0.4 is 4.74 Å². The molecule has 2 heterocycles. The molecule has 1 aromatic heterocycles. The van der Waals surface area contributed by atoms with Crippen LogP contribution in [0.4, 0.5) is 0 Å². The van der Waals surface area contributed by atoms with E-state index in [9.17, 15) is 4.79 Å². The van der Waals surface area contributed by atoms with Gasteiger partial charge in [-0.3, -0.25) is 5.01 Å². The average molecular weight is 298 g/mol. The second-order valence-electron chi connectivity index (χ2n) is 4.31. The Hall–Kier alpha value is -1.82. The summed E-state index contributed by atoms with van der Waals surface area (Å²) in [5.41, 5.74) is 1.24. The van der Waals surface area contributed by atoms with E-state index < -0.39 is 0 Å². The molecule has 0 saturated heterocycles. The van der Waals surface area contributed by atoms with Gasteiger partial charge >= 0.3 is 5.97 Å². The maximum absolute atomic E-state index is 11.7. The van der Waals surface area contributed by atoms with Gasteiger partial charge in [0.1, 0.15) is 16.6 Å². The zero-order chi connectivity index (χ0) is 14.7. The number of hydrogen-bond donors (Lipinski definition) is 0. The fraction of sp³-hybridized carbons (Fsp3) is 0.462. The van der Waals surface area contributed by atoms with Crippen molar-refractivity contribution in [3.63, 3.8) is 0 Å². The number of carbonyl (C=O) groups excluding carboxylic acids is 1. The summed E-state index contributed by atoms with van der Waals surface area (Å²) in [6.45, 7) is 2.10. The fourth-order valence-corrected chi connectivity index (χ4v) is 2.26. The Morgan fingerprint density at radius 1 is 1.60 bits per heavy atom. The first-order valence-electron chi connectivity index (χ1n) is 6.23. The predicted molar refractivity (Wildman–Crippen MR) is 75.0 cm³/mol. The van der Waals surface area contributed by atoms with Crippen molar-refractivity contribution in [2.75, 3.05) is 20.8 Å². The lowest BCUT2D eigenvalue weighted by Crippen LogP contribution is -2.17. The molecule has 1 aliphatic rings. The van der Waals surface area contributed by atoms with E-state index in [1.807, 2.05) is 0 Å². The third-order valence-electron chi connectivity index (χ3n) is 3.07. The molecule has 0 aromatic carbocycles. The monoisotopic (exact) mass is 297 g/mol. The van der Waals surface area contributed by atoms with Crippen LogP contribution in [0.25, 0.3) is 0 Å². The van der Waals surface area contributed by atoms with Crippen LogP contribution in [0.5, 0.6) is 5.75 Å². The van der Waals surface area contributed by atoms with Gasteiger partial charge in [-0.2, -0.15) is 5.10 Å². The molecule has 0 saturated carbocycles. The van der Waals surface area contributed by atoms with Gasteiger partial charge in [0.15, 0.2) is 0 Å². The first-order chi connectivity index (χ1) is 9.56. The Morgan fingerprint density at radius 3 is 3.00 bits per heavy atom. The van der Waals surface area contributed by atoms with Gasteiger partial charge < -0.3 is 9.47 Å². The van der Waals surface area contributed by atoms with Crippen molar-refractivity contribution in [3.05, 3.63) is 23.0 Å². The molecule has 1 aromatic rings. The lowest BCUT2D eigenvalue weighted by Gasteiger charge is -2.20. The zero-order valence-electron chi connectivity index (χ0n) is 11.6. The highest BCUT2D eigenvalue weighted by molar-refractivity contribution is 6.37. The quantitative estimate of drug-likeness (QED) is 0.628. The van der Waals surface area contributed by atoms with Crippen LogP contribution in [0.15, 0.2) is 17.4 Å². The number of pyridine rings is 1. The summed E-state index contributed by atoms with van der Waals surface area (Å²) in [7, 11) is 3.36. The minimum Gasteiger partial charge on any atom is -0.496 e. The molecular formula is C13H16ClN3O3. The molecule has 0 aliphatic carbocycles. The number of hydrazone groups is 1. The summed E-state index contributed by atoms with van der Waals surface area (Å²) in [4.78, 5) is 15.8. The van der Waals surface area contributed by atoms with Crippen LogP contribution in [0, 0.1) is 0 Å². The van der Waals surface area contributed by atoms with Crippen molar-refractivity contribution < 1.29 is 14.3 Å². The normalized spacial score (nSPS) is 17.9. The lowest BCUT2D eigenvalue weighted by atomic mass is 10.0. The maximum Gasteiger partial charge on any atom is 0.354 e. The average Bonchev–Trinajstić information content (AvgIpc) is 2.81. The number of aromatic nitrogens is 1. The van der Waals surface area contributed by atoms with Gasteiger partial charge in [-0.25, -0.2) is 9.78 Å². The van der Waals surface area contributed by atoms with Gasteiger partial charge in [-0.15, -0.1) is 0 Å². The molecule has 0 radical (unpaired) electrons. The standard InChI is InChI=1S/C13H16ClN3O3/c1-4-20-13(18)9-5-10(17(2)16-9)8-7-15-12(14)6-11(8)19-3/h6-7,10H,4-5H2,1-3H3. The van der Waals surface area contributed by atoms with Gasteiger partial charge in [0.2, 0.25) is 0 Å². The van der Waals surface area contributed by atoms with E-state index in [0.717, 1.165) is 5.56 Å². The van der Waals surface area contributed by atoms with Crippen molar-refractivity contribution in [2.45, 2.75) is 19.4 Å². The van der Waals surface area contributed by atoms with E-state index in [1.165, 1.54) is 0 Å². The van der Waals surface area contributed by atoms with Gasteiger partial charge in [0.25, 0.3) is 0 Å². The van der Waals surface area contributed by atoms with E-state index in [1.54, 1.807) is 38.4 Å². The lowest BCUT2D eigenvalue weighted by molar-refractivity contribution is -0.135. The second kappa shape index (κ2) is 6.09. The van der Waals surface area contributed by atoms with Crippen molar-refractivity contribution in [3.8, 4) is 5.75 Å². The fourth-order valence-electron chi connectivity index (χ4n) is 2.12. The van der Waals surface area contributed by atoms with E-state index in [2.05, 4.69) is 10.1 Å². The third-order valence-corrected chi connectivity index (χ3v) is 3.27. The molecule has 0 N–H and O–H groups in total. The number of ether oxygens (including phenoxy) is 2. The zero-order valence-corrected chi connectivity index (χ0v) is 12.3. The van der Waals surface area contributed by atoms with Crippen LogP contribution in [0.1, 0.15) is 24.9 Å². The van der Waals surface area contributed by atoms with Gasteiger partial charge in [0, 0.05) is 31.3 Å². The number of halogens is 1. The molecule has 0 spiro atoms. The molecule has 6 nitrogen and oxygen atoms in total. The Bertz CT molecular complexity index is 548. The van der Waals surface area contributed by atoms with Crippen molar-refractivity contribution >= 4 is 23.3 Å². The number of esters is 1. The minimum absolute atomic E-state index is 0.117. The molecule has 7 heteroatoms. The summed E-state index contributed by atoms with van der Waals surface area (Å²) in [6, 6.07) is 1.53. The summed E-state index contributed by atoms with van der Waals surface area (Å²) in [5, 5.41) is 6.29. The summed E-state index contributed by atoms with van der Waals surface area (Å²) < 4.78 is 10.3. The van der Waals surface area contributed by atoms with E-state index >= 15 is 0 Å². The SMILES string of the molecule is CCOC(=O)C1=NN(C)C(c2cnc(Cl)cc2OC)C1. The summed E-state index contributed by atoms with van der Waals surface area (Å²) in [5.74, 6) is 0.241. The first-order valence-corrected chi connectivity index (χ1v) is 6.61. The van der Waals surface area contributed by atoms with Crippen LogP contribution >= 0.6 is 11.6 Å². The topological polar surface area (TPSA) is 64.0 Å². The van der Waals surface area contributed by atoms with E-state index in [4.69, 9.17) is 21.1 Å². The Balaban J connectivity index is 2.22. The largest absolute Gasteiger partial charge is 0.496 e. The molecule has 0 fully saturated rings. The Morgan fingerprint density at radius 2 is 2.35 bits per heavy atom. The molecule has 108 valence electrons. The number of nitrogens with zero attached hydrogens (tertiary/aromatic N) is 3. The van der Waals surface area contributed by atoms with Crippen LogP contribution in [-0.4, -0.2) is 42.4 Å². The third kappa shape index (κ3) is 2.85. The van der Waals surface area contributed by atoms with Crippen molar-refractivity contribution in [2.24, 2.45) is 5.10 Å². The van der Waals surface area contributed by atoms with Crippen molar-refractivity contribution in [1.29, 1.82) is 0 Å². The molecule has 1 unspecified atom stereocenters. The molecule has 20 heavy (non-hydrogen) atoms. The van der Waals surface area contributed by atoms with Gasteiger partial charge in [-0.1, -0.05) is 11.6 Å². The first kappa shape index (κ1) is 14.6. The Kier molecular flexibility index (Phi) is 4.44. The predicted octanol–water partition coefficient (Wildman–Crippen LogP) is 2.04. The summed E-state index contributed by atoms with van der Waals surface area (Å²) >= 11 is 5.85. The van der Waals surface area contributed by atoms with Crippen molar-refractivity contribution in [1.82, 2.24) is 9.99 Å². The van der Waals surface area contributed by atoms with Crippen LogP contribution in [-0.2, 0) is 9.53 Å². The number of carbonyl (C=O) groups is 1. The highest BCUT2D eigenvalue weighted by atomic mass is 35.5. The second-order valence-corrected chi connectivity index (χ2v) is 4.70. The maximum atomic E-state index is 11.7. The molecule has 1 atom stereocenters. The van der Waals surface area contributed by atoms with Gasteiger partial charge in [-0.05, 0) is 6.92 Å². The number of rotatable bonds is 4. The van der Waals surface area contributed by atoms with Gasteiger partial charge in [0.05, 0.1) is 19.8 Å². The van der Waals surface area contributed by atoms with Crippen LogP contribution in [0.2, 0.25) is 5.15 Å². The number of hydrogen-bond acceptors (Lipinski definition) is 6. The molecule has 1 aliphatic heterocycles. The molecule has 0 bridgehead atoms. The molecule has 0 amide bonds. The smallest absolute Gasteiger partial charge is 0.354 e. The summed E-state index contributed by atoms with van der Waals surface area (Å²) in [6.07, 6.45) is 2.10. The van der Waals surface area contributed by atoms with E-state index in [0.29, 0.717) is 29.6 Å². The highest BCUT2D eigenvalue weighted by Gasteiger charge is 2.32.